The maximum atomic E-state index is 13.7. The van der Waals surface area contributed by atoms with Crippen molar-refractivity contribution in [1.29, 1.82) is 0 Å². The Balaban J connectivity index is 1.36. The van der Waals surface area contributed by atoms with Crippen LogP contribution >= 0.6 is 0 Å². The van der Waals surface area contributed by atoms with E-state index in [9.17, 15) is 9.59 Å². The lowest BCUT2D eigenvalue weighted by Crippen LogP contribution is -2.40. The Hall–Kier alpha value is -4.39. The number of ether oxygens (including phenoxy) is 2. The summed E-state index contributed by atoms with van der Waals surface area (Å²) in [6.45, 7) is 1.04. The van der Waals surface area contributed by atoms with Crippen molar-refractivity contribution in [3.8, 4) is 28.4 Å². The Kier molecular flexibility index (Phi) is 7.03. The quantitative estimate of drug-likeness (QED) is 0.326. The predicted molar refractivity (Wildman–Crippen MR) is 142 cm³/mol. The molecular formula is C30H29N3O4. The highest BCUT2D eigenvalue weighted by Crippen LogP contribution is 2.29. The molecule has 0 atom stereocenters. The molecule has 0 radical (unpaired) electrons. The summed E-state index contributed by atoms with van der Waals surface area (Å²) in [6, 6.07) is 24.5. The van der Waals surface area contributed by atoms with Gasteiger partial charge in [0.05, 0.1) is 25.5 Å². The standard InChI is InChI=1S/C30H29N3O4/c1-36-25-12-8-21(9-13-25)28-27(20-33(31-28)24-6-4-3-5-7-24)30(35)32-18-16-23(17-19-32)29(34)22-10-14-26(37-2)15-11-22/h3-15,20,23H,16-19H2,1-2H3. The Morgan fingerprint density at radius 2 is 1.41 bits per heavy atom. The third-order valence-corrected chi connectivity index (χ3v) is 6.86. The summed E-state index contributed by atoms with van der Waals surface area (Å²) in [5.41, 5.74) is 3.54. The van der Waals surface area contributed by atoms with Gasteiger partial charge in [0.2, 0.25) is 0 Å². The third kappa shape index (κ3) is 5.11. The fraction of sp³-hybridized carbons (Fsp3) is 0.233. The van der Waals surface area contributed by atoms with Gasteiger partial charge < -0.3 is 14.4 Å². The number of amides is 1. The van der Waals surface area contributed by atoms with E-state index in [1.165, 1.54) is 0 Å². The summed E-state index contributed by atoms with van der Waals surface area (Å²) in [5.74, 6) is 1.39. The zero-order chi connectivity index (χ0) is 25.8. The number of hydrogen-bond acceptors (Lipinski definition) is 5. The Morgan fingerprint density at radius 3 is 2.00 bits per heavy atom. The number of hydrogen-bond donors (Lipinski definition) is 0. The van der Waals surface area contributed by atoms with E-state index in [0.717, 1.165) is 22.7 Å². The SMILES string of the molecule is COc1ccc(C(=O)C2CCN(C(=O)c3cn(-c4ccccc4)nc3-c3ccc(OC)cc3)CC2)cc1. The van der Waals surface area contributed by atoms with Gasteiger partial charge in [-0.05, 0) is 73.5 Å². The zero-order valence-corrected chi connectivity index (χ0v) is 21.0. The van der Waals surface area contributed by atoms with E-state index in [4.69, 9.17) is 14.6 Å². The van der Waals surface area contributed by atoms with Crippen LogP contribution in [0.1, 0.15) is 33.6 Å². The first-order valence-corrected chi connectivity index (χ1v) is 12.3. The topological polar surface area (TPSA) is 73.7 Å². The number of ketones is 1. The van der Waals surface area contributed by atoms with Crippen LogP contribution in [0.5, 0.6) is 11.5 Å². The van der Waals surface area contributed by atoms with Gasteiger partial charge in [-0.1, -0.05) is 18.2 Å². The second-order valence-electron chi connectivity index (χ2n) is 9.06. The first-order valence-electron chi connectivity index (χ1n) is 12.3. The molecule has 0 spiro atoms. The maximum Gasteiger partial charge on any atom is 0.257 e. The van der Waals surface area contributed by atoms with Crippen molar-refractivity contribution in [2.45, 2.75) is 12.8 Å². The highest BCUT2D eigenvalue weighted by atomic mass is 16.5. The van der Waals surface area contributed by atoms with Crippen molar-refractivity contribution in [1.82, 2.24) is 14.7 Å². The van der Waals surface area contributed by atoms with Crippen LogP contribution in [0.4, 0.5) is 0 Å². The summed E-state index contributed by atoms with van der Waals surface area (Å²) in [5, 5.41) is 4.78. The third-order valence-electron chi connectivity index (χ3n) is 6.86. The molecule has 7 heteroatoms. The van der Waals surface area contributed by atoms with Crippen molar-refractivity contribution in [2.24, 2.45) is 5.92 Å². The van der Waals surface area contributed by atoms with Gasteiger partial charge in [0.15, 0.2) is 5.78 Å². The number of benzene rings is 3. The van der Waals surface area contributed by atoms with Crippen LogP contribution in [0, 0.1) is 5.92 Å². The zero-order valence-electron chi connectivity index (χ0n) is 21.0. The number of methoxy groups -OCH3 is 2. The minimum absolute atomic E-state index is 0.0802. The number of carbonyl (C=O) groups is 2. The van der Waals surface area contributed by atoms with Crippen molar-refractivity contribution in [3.05, 3.63) is 96.2 Å². The van der Waals surface area contributed by atoms with Gasteiger partial charge in [0.25, 0.3) is 5.91 Å². The van der Waals surface area contributed by atoms with Crippen LogP contribution in [0.2, 0.25) is 0 Å². The molecule has 1 aromatic heterocycles. The molecule has 2 heterocycles. The van der Waals surface area contributed by atoms with E-state index >= 15 is 0 Å². The Morgan fingerprint density at radius 1 is 0.811 bits per heavy atom. The molecule has 37 heavy (non-hydrogen) atoms. The van der Waals surface area contributed by atoms with Gasteiger partial charge >= 0.3 is 0 Å². The number of para-hydroxylation sites is 1. The molecule has 1 saturated heterocycles. The second-order valence-corrected chi connectivity index (χ2v) is 9.06. The molecule has 1 aliphatic rings. The van der Waals surface area contributed by atoms with E-state index < -0.39 is 0 Å². The molecule has 3 aromatic carbocycles. The summed E-state index contributed by atoms with van der Waals surface area (Å²) < 4.78 is 12.2. The van der Waals surface area contributed by atoms with Gasteiger partial charge in [-0.25, -0.2) is 4.68 Å². The number of rotatable bonds is 7. The van der Waals surface area contributed by atoms with Crippen LogP contribution in [0.15, 0.2) is 85.1 Å². The number of likely N-dealkylation sites (tertiary alicyclic amines) is 1. The number of piperidine rings is 1. The number of Topliss-reactive ketones (excluding diaryl/α,β-unsaturated/α-hetero) is 1. The van der Waals surface area contributed by atoms with Crippen molar-refractivity contribution in [3.63, 3.8) is 0 Å². The smallest absolute Gasteiger partial charge is 0.257 e. The normalized spacial score (nSPS) is 13.8. The predicted octanol–water partition coefficient (Wildman–Crippen LogP) is 5.29. The van der Waals surface area contributed by atoms with Gasteiger partial charge in [0.1, 0.15) is 17.2 Å². The Labute approximate surface area is 216 Å². The molecule has 7 nitrogen and oxygen atoms in total. The summed E-state index contributed by atoms with van der Waals surface area (Å²) in [6.07, 6.45) is 3.05. The molecule has 1 fully saturated rings. The van der Waals surface area contributed by atoms with Crippen molar-refractivity contribution >= 4 is 11.7 Å². The summed E-state index contributed by atoms with van der Waals surface area (Å²) >= 11 is 0. The van der Waals surface area contributed by atoms with Crippen LogP contribution in [-0.4, -0.2) is 53.7 Å². The van der Waals surface area contributed by atoms with Crippen LogP contribution < -0.4 is 9.47 Å². The minimum Gasteiger partial charge on any atom is -0.497 e. The average Bonchev–Trinajstić information content (AvgIpc) is 3.43. The monoisotopic (exact) mass is 495 g/mol. The summed E-state index contributed by atoms with van der Waals surface area (Å²) in [7, 11) is 3.23. The van der Waals surface area contributed by atoms with E-state index in [1.807, 2.05) is 59.5 Å². The minimum atomic E-state index is -0.106. The van der Waals surface area contributed by atoms with E-state index in [-0.39, 0.29) is 17.6 Å². The van der Waals surface area contributed by atoms with E-state index in [1.54, 1.807) is 49.4 Å². The van der Waals surface area contributed by atoms with Gasteiger partial charge in [-0.3, -0.25) is 9.59 Å². The first-order chi connectivity index (χ1) is 18.1. The maximum absolute atomic E-state index is 13.7. The first kappa shape index (κ1) is 24.3. The van der Waals surface area contributed by atoms with E-state index in [0.29, 0.717) is 42.8 Å². The molecule has 0 aliphatic carbocycles. The highest BCUT2D eigenvalue weighted by molar-refractivity contribution is 6.01. The van der Waals surface area contributed by atoms with Crippen LogP contribution in [0.3, 0.4) is 0 Å². The number of aromatic nitrogens is 2. The van der Waals surface area contributed by atoms with Crippen molar-refractivity contribution in [2.75, 3.05) is 27.3 Å². The molecule has 0 bridgehead atoms. The Bertz CT molecular complexity index is 1370. The van der Waals surface area contributed by atoms with Gasteiger partial charge in [-0.15, -0.1) is 0 Å². The van der Waals surface area contributed by atoms with Crippen LogP contribution in [0.25, 0.3) is 16.9 Å². The molecule has 5 rings (SSSR count). The number of carbonyl (C=O) groups excluding carboxylic acids is 2. The molecule has 1 amide bonds. The average molecular weight is 496 g/mol. The molecule has 0 unspecified atom stereocenters. The summed E-state index contributed by atoms with van der Waals surface area (Å²) in [4.78, 5) is 28.6. The largest absolute Gasteiger partial charge is 0.497 e. The molecule has 0 saturated carbocycles. The fourth-order valence-corrected chi connectivity index (χ4v) is 4.71. The molecular weight excluding hydrogens is 466 g/mol. The molecule has 0 N–H and O–H groups in total. The molecule has 4 aromatic rings. The van der Waals surface area contributed by atoms with Gasteiger partial charge in [0, 0.05) is 36.3 Å². The van der Waals surface area contributed by atoms with Crippen molar-refractivity contribution < 1.29 is 19.1 Å². The lowest BCUT2D eigenvalue weighted by molar-refractivity contribution is 0.0651. The van der Waals surface area contributed by atoms with Crippen LogP contribution in [-0.2, 0) is 0 Å². The van der Waals surface area contributed by atoms with E-state index in [2.05, 4.69) is 0 Å². The lowest BCUT2D eigenvalue weighted by Gasteiger charge is -2.31. The highest BCUT2D eigenvalue weighted by Gasteiger charge is 2.30. The molecule has 1 aliphatic heterocycles. The van der Waals surface area contributed by atoms with Gasteiger partial charge in [-0.2, -0.15) is 5.10 Å². The fourth-order valence-electron chi connectivity index (χ4n) is 4.71. The lowest BCUT2D eigenvalue weighted by atomic mass is 9.88. The second kappa shape index (κ2) is 10.7. The number of nitrogens with zero attached hydrogens (tertiary/aromatic N) is 3. The molecule has 188 valence electrons.